The molecule has 0 atom stereocenters. The molecule has 1 N–H and O–H groups in total. The molecule has 1 aliphatic heterocycles. The standard InChI is InChI=1S/C13H14F3N3O3/c1-8(20)18-5-11(21)19-6-9(7-19)22-12-10(13(14,15)16)3-2-4-17-12/h2-4,9H,5-7H2,1H3,(H,18,20). The lowest BCUT2D eigenvalue weighted by molar-refractivity contribution is -0.144. The van der Waals surface area contributed by atoms with E-state index in [1.807, 2.05) is 0 Å². The van der Waals surface area contributed by atoms with Crippen LogP contribution in [0.4, 0.5) is 13.2 Å². The Morgan fingerprint density at radius 3 is 2.73 bits per heavy atom. The van der Waals surface area contributed by atoms with E-state index in [0.29, 0.717) is 0 Å². The maximum atomic E-state index is 12.8. The van der Waals surface area contributed by atoms with Crippen molar-refractivity contribution >= 4 is 11.8 Å². The van der Waals surface area contributed by atoms with Crippen molar-refractivity contribution in [3.63, 3.8) is 0 Å². The highest BCUT2D eigenvalue weighted by Gasteiger charge is 2.38. The van der Waals surface area contributed by atoms with Gasteiger partial charge in [-0.1, -0.05) is 0 Å². The van der Waals surface area contributed by atoms with E-state index in [4.69, 9.17) is 4.74 Å². The molecular formula is C13H14F3N3O3. The Morgan fingerprint density at radius 1 is 1.45 bits per heavy atom. The molecule has 0 aromatic carbocycles. The van der Waals surface area contributed by atoms with E-state index >= 15 is 0 Å². The van der Waals surface area contributed by atoms with Crippen molar-refractivity contribution in [1.82, 2.24) is 15.2 Å². The van der Waals surface area contributed by atoms with E-state index in [1.165, 1.54) is 24.1 Å². The molecule has 1 aliphatic rings. The first-order chi connectivity index (χ1) is 10.3. The third-order valence-corrected chi connectivity index (χ3v) is 3.04. The van der Waals surface area contributed by atoms with Gasteiger partial charge in [0.1, 0.15) is 11.7 Å². The van der Waals surface area contributed by atoms with Gasteiger partial charge in [-0.15, -0.1) is 0 Å². The van der Waals surface area contributed by atoms with Crippen molar-refractivity contribution in [3.8, 4) is 5.88 Å². The molecule has 0 aliphatic carbocycles. The molecule has 120 valence electrons. The smallest absolute Gasteiger partial charge is 0.421 e. The van der Waals surface area contributed by atoms with Crippen LogP contribution in [0.25, 0.3) is 0 Å². The number of carbonyl (C=O) groups is 2. The van der Waals surface area contributed by atoms with Crippen LogP contribution >= 0.6 is 0 Å². The highest BCUT2D eigenvalue weighted by molar-refractivity contribution is 5.84. The van der Waals surface area contributed by atoms with E-state index in [9.17, 15) is 22.8 Å². The van der Waals surface area contributed by atoms with Gasteiger partial charge in [0, 0.05) is 13.1 Å². The highest BCUT2D eigenvalue weighted by Crippen LogP contribution is 2.35. The molecular weight excluding hydrogens is 303 g/mol. The zero-order chi connectivity index (χ0) is 16.3. The molecule has 1 fully saturated rings. The zero-order valence-corrected chi connectivity index (χ0v) is 11.7. The Bertz CT molecular complexity index is 571. The summed E-state index contributed by atoms with van der Waals surface area (Å²) in [5, 5.41) is 2.36. The van der Waals surface area contributed by atoms with E-state index in [2.05, 4.69) is 10.3 Å². The number of alkyl halides is 3. The van der Waals surface area contributed by atoms with Crippen LogP contribution in [0, 0.1) is 0 Å². The van der Waals surface area contributed by atoms with E-state index in [-0.39, 0.29) is 31.4 Å². The molecule has 2 heterocycles. The second kappa shape index (κ2) is 6.20. The van der Waals surface area contributed by atoms with Crippen LogP contribution in [0.15, 0.2) is 18.3 Å². The summed E-state index contributed by atoms with van der Waals surface area (Å²) >= 11 is 0. The Balaban J connectivity index is 1.88. The molecule has 6 nitrogen and oxygen atoms in total. The van der Waals surface area contributed by atoms with Crippen LogP contribution in [-0.4, -0.2) is 47.4 Å². The van der Waals surface area contributed by atoms with Crippen molar-refractivity contribution in [1.29, 1.82) is 0 Å². The Hall–Kier alpha value is -2.32. The number of nitrogens with one attached hydrogen (secondary N) is 1. The minimum absolute atomic E-state index is 0.139. The van der Waals surface area contributed by atoms with Gasteiger partial charge in [0.05, 0.1) is 19.6 Å². The Labute approximate surface area is 124 Å². The number of amides is 2. The predicted molar refractivity (Wildman–Crippen MR) is 68.9 cm³/mol. The number of hydrogen-bond acceptors (Lipinski definition) is 4. The van der Waals surface area contributed by atoms with Crippen LogP contribution in [0.3, 0.4) is 0 Å². The summed E-state index contributed by atoms with van der Waals surface area (Å²) in [7, 11) is 0. The number of carbonyl (C=O) groups excluding carboxylic acids is 2. The summed E-state index contributed by atoms with van der Waals surface area (Å²) in [4.78, 5) is 27.3. The fraction of sp³-hybridized carbons (Fsp3) is 0.462. The fourth-order valence-electron chi connectivity index (χ4n) is 1.89. The first-order valence-corrected chi connectivity index (χ1v) is 6.48. The normalized spacial score (nSPS) is 15.2. The van der Waals surface area contributed by atoms with Gasteiger partial charge >= 0.3 is 6.18 Å². The molecule has 1 aromatic rings. The van der Waals surface area contributed by atoms with E-state index in [1.54, 1.807) is 0 Å². The molecule has 0 saturated carbocycles. The lowest BCUT2D eigenvalue weighted by atomic mass is 10.1. The second-order valence-electron chi connectivity index (χ2n) is 4.80. The van der Waals surface area contributed by atoms with Gasteiger partial charge in [-0.25, -0.2) is 4.98 Å². The molecule has 0 bridgehead atoms. The van der Waals surface area contributed by atoms with Crippen LogP contribution in [0.1, 0.15) is 12.5 Å². The summed E-state index contributed by atoms with van der Waals surface area (Å²) in [5.41, 5.74) is -0.946. The summed E-state index contributed by atoms with van der Waals surface area (Å²) in [6.07, 6.45) is -3.88. The summed E-state index contributed by atoms with van der Waals surface area (Å²) in [6.45, 7) is 1.47. The van der Waals surface area contributed by atoms with Gasteiger partial charge in [-0.3, -0.25) is 9.59 Å². The van der Waals surface area contributed by atoms with Crippen molar-refractivity contribution in [2.45, 2.75) is 19.2 Å². The largest absolute Gasteiger partial charge is 0.470 e. The number of likely N-dealkylation sites (tertiary alicyclic amines) is 1. The number of aromatic nitrogens is 1. The van der Waals surface area contributed by atoms with Crippen LogP contribution < -0.4 is 10.1 Å². The molecule has 0 radical (unpaired) electrons. The topological polar surface area (TPSA) is 71.5 Å². The molecule has 2 amide bonds. The number of ether oxygens (including phenoxy) is 1. The van der Waals surface area contributed by atoms with Crippen molar-refractivity contribution in [2.75, 3.05) is 19.6 Å². The van der Waals surface area contributed by atoms with Gasteiger partial charge in [-0.05, 0) is 12.1 Å². The van der Waals surface area contributed by atoms with Gasteiger partial charge in [-0.2, -0.15) is 13.2 Å². The van der Waals surface area contributed by atoms with Gasteiger partial charge in [0.15, 0.2) is 0 Å². The Morgan fingerprint density at radius 2 is 2.14 bits per heavy atom. The van der Waals surface area contributed by atoms with Gasteiger partial charge in [0.2, 0.25) is 17.7 Å². The van der Waals surface area contributed by atoms with Gasteiger partial charge in [0.25, 0.3) is 0 Å². The van der Waals surface area contributed by atoms with Crippen LogP contribution in [0.2, 0.25) is 0 Å². The van der Waals surface area contributed by atoms with E-state index in [0.717, 1.165) is 6.07 Å². The molecule has 0 spiro atoms. The van der Waals surface area contributed by atoms with E-state index < -0.39 is 23.7 Å². The molecule has 0 unspecified atom stereocenters. The second-order valence-corrected chi connectivity index (χ2v) is 4.80. The minimum Gasteiger partial charge on any atom is -0.470 e. The van der Waals surface area contributed by atoms with Crippen molar-refractivity contribution in [3.05, 3.63) is 23.9 Å². The number of nitrogens with zero attached hydrogens (tertiary/aromatic N) is 2. The zero-order valence-electron chi connectivity index (χ0n) is 11.7. The molecule has 1 aromatic heterocycles. The highest BCUT2D eigenvalue weighted by atomic mass is 19.4. The third-order valence-electron chi connectivity index (χ3n) is 3.04. The maximum Gasteiger partial charge on any atom is 0.421 e. The monoisotopic (exact) mass is 317 g/mol. The number of hydrogen-bond donors (Lipinski definition) is 1. The van der Waals surface area contributed by atoms with Crippen molar-refractivity contribution < 1.29 is 27.5 Å². The average Bonchev–Trinajstić information content (AvgIpc) is 2.39. The summed E-state index contributed by atoms with van der Waals surface area (Å²) < 4.78 is 43.5. The summed E-state index contributed by atoms with van der Waals surface area (Å²) in [5.74, 6) is -1.13. The number of rotatable bonds is 4. The molecule has 9 heteroatoms. The summed E-state index contributed by atoms with van der Waals surface area (Å²) in [6, 6.07) is 2.07. The SMILES string of the molecule is CC(=O)NCC(=O)N1CC(Oc2ncccc2C(F)(F)F)C1. The fourth-order valence-corrected chi connectivity index (χ4v) is 1.89. The molecule has 22 heavy (non-hydrogen) atoms. The Kier molecular flexibility index (Phi) is 4.53. The van der Waals surface area contributed by atoms with Crippen LogP contribution in [-0.2, 0) is 15.8 Å². The van der Waals surface area contributed by atoms with Crippen molar-refractivity contribution in [2.24, 2.45) is 0 Å². The lowest BCUT2D eigenvalue weighted by Crippen LogP contribution is -2.58. The average molecular weight is 317 g/mol. The minimum atomic E-state index is -4.55. The van der Waals surface area contributed by atoms with Crippen LogP contribution in [0.5, 0.6) is 5.88 Å². The lowest BCUT2D eigenvalue weighted by Gasteiger charge is -2.38. The predicted octanol–water partition coefficient (Wildman–Crippen LogP) is 0.826. The molecule has 2 rings (SSSR count). The number of pyridine rings is 1. The quantitative estimate of drug-likeness (QED) is 0.893. The molecule has 1 saturated heterocycles. The number of halogens is 3. The third kappa shape index (κ3) is 3.86. The first kappa shape index (κ1) is 16.1. The van der Waals surface area contributed by atoms with Gasteiger partial charge < -0.3 is 15.0 Å². The maximum absolute atomic E-state index is 12.8. The first-order valence-electron chi connectivity index (χ1n) is 6.48.